The minimum absolute atomic E-state index is 0.101. The van der Waals surface area contributed by atoms with Crippen LogP contribution >= 0.6 is 27.7 Å². The Labute approximate surface area is 175 Å². The standard InChI is InChI=1S/C21H17BrN4OS/c1-12-5-7-15(8-6-12)28-11-17-19-18(13-3-2-4-14(22)9-13)16(10-23)20(24)27-21(19)26-25-17/h2-9,18H,11,24H2,1H3,(H,25,26)/t18-/m0/s1. The number of hydrogen-bond acceptors (Lipinski definition) is 5. The number of rotatable bonds is 4. The van der Waals surface area contributed by atoms with Crippen LogP contribution in [0.2, 0.25) is 0 Å². The average Bonchev–Trinajstić information content (AvgIpc) is 3.08. The number of halogens is 1. The van der Waals surface area contributed by atoms with E-state index in [1.807, 2.05) is 24.3 Å². The molecule has 3 aromatic rings. The molecule has 0 saturated carbocycles. The smallest absolute Gasteiger partial charge is 0.244 e. The maximum Gasteiger partial charge on any atom is 0.244 e. The van der Waals surface area contributed by atoms with E-state index in [-0.39, 0.29) is 11.8 Å². The summed E-state index contributed by atoms with van der Waals surface area (Å²) in [4.78, 5) is 1.17. The zero-order chi connectivity index (χ0) is 19.7. The molecule has 0 amide bonds. The van der Waals surface area contributed by atoms with Crippen LogP contribution in [0.15, 0.2) is 69.4 Å². The third-order valence-corrected chi connectivity index (χ3v) is 6.14. The van der Waals surface area contributed by atoms with Crippen LogP contribution in [0.25, 0.3) is 0 Å². The Balaban J connectivity index is 1.73. The van der Waals surface area contributed by atoms with Crippen molar-refractivity contribution in [1.82, 2.24) is 10.2 Å². The molecule has 1 atom stereocenters. The van der Waals surface area contributed by atoms with Crippen molar-refractivity contribution in [2.75, 3.05) is 0 Å². The number of nitrogens with two attached hydrogens (primary N) is 1. The van der Waals surface area contributed by atoms with E-state index in [1.54, 1.807) is 11.8 Å². The summed E-state index contributed by atoms with van der Waals surface area (Å²) in [7, 11) is 0. The molecule has 4 rings (SSSR count). The fourth-order valence-electron chi connectivity index (χ4n) is 3.23. The summed E-state index contributed by atoms with van der Waals surface area (Å²) < 4.78 is 6.58. The first kappa shape index (κ1) is 18.7. The summed E-state index contributed by atoms with van der Waals surface area (Å²) in [6.07, 6.45) is 0. The maximum absolute atomic E-state index is 9.73. The first-order valence-corrected chi connectivity index (χ1v) is 10.4. The van der Waals surface area contributed by atoms with Gasteiger partial charge in [0, 0.05) is 15.1 Å². The number of benzene rings is 2. The molecule has 1 aliphatic rings. The molecule has 7 heteroatoms. The van der Waals surface area contributed by atoms with Gasteiger partial charge in [0.15, 0.2) is 0 Å². The predicted molar refractivity (Wildman–Crippen MR) is 113 cm³/mol. The molecule has 0 aliphatic carbocycles. The Hall–Kier alpha value is -2.69. The highest BCUT2D eigenvalue weighted by Crippen LogP contribution is 2.44. The third kappa shape index (κ3) is 3.53. The highest BCUT2D eigenvalue weighted by atomic mass is 79.9. The number of aromatic amines is 1. The van der Waals surface area contributed by atoms with Gasteiger partial charge in [-0.3, -0.25) is 5.10 Å². The van der Waals surface area contributed by atoms with E-state index >= 15 is 0 Å². The second kappa shape index (κ2) is 7.74. The van der Waals surface area contributed by atoms with E-state index in [4.69, 9.17) is 10.5 Å². The zero-order valence-corrected chi connectivity index (χ0v) is 17.5. The number of nitriles is 1. The van der Waals surface area contributed by atoms with Crippen LogP contribution in [-0.4, -0.2) is 10.2 Å². The van der Waals surface area contributed by atoms with Gasteiger partial charge in [0.05, 0.1) is 17.2 Å². The average molecular weight is 453 g/mol. The van der Waals surface area contributed by atoms with Crippen LogP contribution in [0.1, 0.15) is 28.3 Å². The van der Waals surface area contributed by atoms with Gasteiger partial charge in [0.25, 0.3) is 0 Å². The molecule has 28 heavy (non-hydrogen) atoms. The molecule has 0 fully saturated rings. The van der Waals surface area contributed by atoms with E-state index in [9.17, 15) is 5.26 Å². The van der Waals surface area contributed by atoms with Gasteiger partial charge in [-0.15, -0.1) is 16.9 Å². The second-order valence-electron chi connectivity index (χ2n) is 6.50. The summed E-state index contributed by atoms with van der Waals surface area (Å²) in [5, 5.41) is 17.1. The van der Waals surface area contributed by atoms with Crippen molar-refractivity contribution in [3.05, 3.63) is 86.8 Å². The van der Waals surface area contributed by atoms with Crippen molar-refractivity contribution < 1.29 is 4.74 Å². The fourth-order valence-corrected chi connectivity index (χ4v) is 4.50. The Morgan fingerprint density at radius 3 is 2.79 bits per heavy atom. The number of ether oxygens (including phenoxy) is 1. The lowest BCUT2D eigenvalue weighted by molar-refractivity contribution is 0.379. The van der Waals surface area contributed by atoms with Gasteiger partial charge in [0.1, 0.15) is 11.6 Å². The van der Waals surface area contributed by atoms with Gasteiger partial charge >= 0.3 is 0 Å². The normalized spacial score (nSPS) is 15.7. The molecule has 3 N–H and O–H groups in total. The molecule has 0 bridgehead atoms. The minimum atomic E-state index is -0.321. The Morgan fingerprint density at radius 1 is 1.29 bits per heavy atom. The molecule has 2 heterocycles. The van der Waals surface area contributed by atoms with Gasteiger partial charge < -0.3 is 10.5 Å². The van der Waals surface area contributed by atoms with E-state index in [0.29, 0.717) is 17.2 Å². The maximum atomic E-state index is 9.73. The van der Waals surface area contributed by atoms with Crippen LogP contribution in [0.4, 0.5) is 0 Å². The van der Waals surface area contributed by atoms with E-state index in [1.165, 1.54) is 10.5 Å². The summed E-state index contributed by atoms with van der Waals surface area (Å²) in [6, 6.07) is 18.5. The summed E-state index contributed by atoms with van der Waals surface area (Å²) in [5.74, 6) is 0.890. The molecular weight excluding hydrogens is 436 g/mol. The van der Waals surface area contributed by atoms with Crippen molar-refractivity contribution >= 4 is 27.7 Å². The van der Waals surface area contributed by atoms with Crippen molar-refractivity contribution in [3.8, 4) is 11.9 Å². The summed E-state index contributed by atoms with van der Waals surface area (Å²) in [6.45, 7) is 2.07. The molecule has 0 saturated heterocycles. The highest BCUT2D eigenvalue weighted by Gasteiger charge is 2.35. The molecule has 0 radical (unpaired) electrons. The van der Waals surface area contributed by atoms with Crippen molar-refractivity contribution in [3.63, 3.8) is 0 Å². The first-order valence-electron chi connectivity index (χ1n) is 8.66. The van der Waals surface area contributed by atoms with Crippen LogP contribution in [-0.2, 0) is 5.75 Å². The molecule has 0 unspecified atom stereocenters. The first-order chi connectivity index (χ1) is 13.6. The number of aromatic nitrogens is 2. The number of nitrogens with one attached hydrogen (secondary N) is 1. The topological polar surface area (TPSA) is 87.7 Å². The van der Waals surface area contributed by atoms with E-state index in [0.717, 1.165) is 21.3 Å². The number of fused-ring (bicyclic) bond motifs is 1. The summed E-state index contributed by atoms with van der Waals surface area (Å²) >= 11 is 5.22. The molecule has 140 valence electrons. The fraction of sp³-hybridized carbons (Fsp3) is 0.143. The molecular formula is C21H17BrN4OS. The Morgan fingerprint density at radius 2 is 2.07 bits per heavy atom. The van der Waals surface area contributed by atoms with Gasteiger partial charge in [-0.1, -0.05) is 45.8 Å². The molecule has 2 aromatic carbocycles. The van der Waals surface area contributed by atoms with Crippen molar-refractivity contribution in [1.29, 1.82) is 5.26 Å². The third-order valence-electron chi connectivity index (χ3n) is 4.60. The predicted octanol–water partition coefficient (Wildman–Crippen LogP) is 4.99. The largest absolute Gasteiger partial charge is 0.420 e. The monoisotopic (exact) mass is 452 g/mol. The number of H-pyrrole nitrogens is 1. The van der Waals surface area contributed by atoms with Crippen molar-refractivity contribution in [2.24, 2.45) is 5.73 Å². The number of hydrogen-bond donors (Lipinski definition) is 2. The number of aryl methyl sites for hydroxylation is 1. The van der Waals surface area contributed by atoms with Crippen LogP contribution in [0.5, 0.6) is 5.88 Å². The number of nitrogens with zero attached hydrogens (tertiary/aromatic N) is 2. The molecule has 0 spiro atoms. The minimum Gasteiger partial charge on any atom is -0.420 e. The van der Waals surface area contributed by atoms with Gasteiger partial charge in [-0.2, -0.15) is 5.26 Å². The zero-order valence-electron chi connectivity index (χ0n) is 15.1. The molecule has 5 nitrogen and oxygen atoms in total. The highest BCUT2D eigenvalue weighted by molar-refractivity contribution is 9.10. The molecule has 1 aromatic heterocycles. The van der Waals surface area contributed by atoms with E-state index in [2.05, 4.69) is 63.4 Å². The Bertz CT molecular complexity index is 1100. The van der Waals surface area contributed by atoms with Gasteiger partial charge in [0.2, 0.25) is 11.8 Å². The van der Waals surface area contributed by atoms with Crippen LogP contribution < -0.4 is 10.5 Å². The lowest BCUT2D eigenvalue weighted by Gasteiger charge is -2.24. The number of allylic oxidation sites excluding steroid dienone is 1. The van der Waals surface area contributed by atoms with Crippen LogP contribution in [0.3, 0.4) is 0 Å². The van der Waals surface area contributed by atoms with E-state index < -0.39 is 0 Å². The SMILES string of the molecule is Cc1ccc(SCc2[nH]nc3c2[C@@H](c2cccc(Br)c2)C(C#N)=C(N)O3)cc1. The van der Waals surface area contributed by atoms with Crippen LogP contribution in [0, 0.1) is 18.3 Å². The van der Waals surface area contributed by atoms with Gasteiger partial charge in [-0.05, 0) is 36.8 Å². The lowest BCUT2D eigenvalue weighted by atomic mass is 9.84. The lowest BCUT2D eigenvalue weighted by Crippen LogP contribution is -2.21. The molecule has 1 aliphatic heterocycles. The van der Waals surface area contributed by atoms with Gasteiger partial charge in [-0.25, -0.2) is 0 Å². The Kier molecular flexibility index (Phi) is 5.16. The summed E-state index contributed by atoms with van der Waals surface area (Å²) in [5.41, 5.74) is 10.4. The number of thioether (sulfide) groups is 1. The quantitative estimate of drug-likeness (QED) is 0.544. The second-order valence-corrected chi connectivity index (χ2v) is 8.47. The van der Waals surface area contributed by atoms with Crippen molar-refractivity contribution in [2.45, 2.75) is 23.5 Å².